The third kappa shape index (κ3) is 3.00. The monoisotopic (exact) mass is 400 g/mol. The Bertz CT molecular complexity index is 1160. The highest BCUT2D eigenvalue weighted by atomic mass is 16.2. The molecule has 1 aliphatic carbocycles. The Morgan fingerprint density at radius 2 is 1.93 bits per heavy atom. The van der Waals surface area contributed by atoms with E-state index in [-0.39, 0.29) is 17.9 Å². The number of urea groups is 1. The zero-order valence-electron chi connectivity index (χ0n) is 17.1. The molecule has 1 aromatic heterocycles. The third-order valence-electron chi connectivity index (χ3n) is 6.25. The summed E-state index contributed by atoms with van der Waals surface area (Å²) in [5, 5.41) is 4.03. The lowest BCUT2D eigenvalue weighted by molar-refractivity contribution is -0.130. The van der Waals surface area contributed by atoms with Gasteiger partial charge in [-0.05, 0) is 48.4 Å². The summed E-state index contributed by atoms with van der Waals surface area (Å²) in [6, 6.07) is 15.2. The maximum Gasteiger partial charge on any atom is 0.328 e. The van der Waals surface area contributed by atoms with Crippen molar-refractivity contribution in [3.05, 3.63) is 71.9 Å². The summed E-state index contributed by atoms with van der Waals surface area (Å²) >= 11 is 0. The van der Waals surface area contributed by atoms with Crippen molar-refractivity contribution < 1.29 is 9.59 Å². The van der Waals surface area contributed by atoms with Crippen LogP contribution in [0.1, 0.15) is 11.1 Å². The van der Waals surface area contributed by atoms with Gasteiger partial charge in [-0.3, -0.25) is 14.6 Å². The van der Waals surface area contributed by atoms with Gasteiger partial charge in [-0.25, -0.2) is 4.79 Å². The fourth-order valence-corrected chi connectivity index (χ4v) is 4.68. The van der Waals surface area contributed by atoms with Crippen molar-refractivity contribution in [3.8, 4) is 0 Å². The van der Waals surface area contributed by atoms with Gasteiger partial charge in [-0.2, -0.15) is 0 Å². The summed E-state index contributed by atoms with van der Waals surface area (Å²) in [6.07, 6.45) is 5.09. The summed E-state index contributed by atoms with van der Waals surface area (Å²) in [4.78, 5) is 32.6. The lowest BCUT2D eigenvalue weighted by atomic mass is 9.79. The van der Waals surface area contributed by atoms with Crippen molar-refractivity contribution >= 4 is 34.1 Å². The first-order chi connectivity index (χ1) is 14.5. The number of rotatable bonds is 2. The van der Waals surface area contributed by atoms with Crippen LogP contribution < -0.4 is 5.32 Å². The van der Waals surface area contributed by atoms with Gasteiger partial charge in [0.15, 0.2) is 0 Å². The van der Waals surface area contributed by atoms with Crippen LogP contribution in [0.2, 0.25) is 0 Å². The number of H-pyrrole nitrogens is 1. The molecule has 3 aromatic rings. The smallest absolute Gasteiger partial charge is 0.328 e. The molecule has 3 amide bonds. The number of hydrogen-bond donors (Lipinski definition) is 2. The molecule has 0 fully saturated rings. The minimum Gasteiger partial charge on any atom is -0.361 e. The first-order valence-corrected chi connectivity index (χ1v) is 10.2. The zero-order valence-corrected chi connectivity index (χ0v) is 17.1. The number of carbonyl (C=O) groups excluding carboxylic acids is 2. The number of amides is 3. The number of aromatic nitrogens is 1. The molecular weight excluding hydrogens is 376 g/mol. The van der Waals surface area contributed by atoms with Crippen LogP contribution in [0.5, 0.6) is 0 Å². The number of nitrogens with one attached hydrogen (secondary N) is 2. The predicted octanol–water partition coefficient (Wildman–Crippen LogP) is 3.73. The lowest BCUT2D eigenvalue weighted by Gasteiger charge is -2.40. The first-order valence-electron chi connectivity index (χ1n) is 10.2. The van der Waals surface area contributed by atoms with Gasteiger partial charge in [0.1, 0.15) is 0 Å². The van der Waals surface area contributed by atoms with Crippen LogP contribution in [-0.2, 0) is 11.2 Å². The molecule has 6 heteroatoms. The molecule has 2 heterocycles. The Labute approximate surface area is 175 Å². The highest BCUT2D eigenvalue weighted by Crippen LogP contribution is 2.40. The normalized spacial score (nSPS) is 20.4. The van der Waals surface area contributed by atoms with Gasteiger partial charge < -0.3 is 10.3 Å². The van der Waals surface area contributed by atoms with Gasteiger partial charge in [0.2, 0.25) is 5.91 Å². The van der Waals surface area contributed by atoms with Crippen LogP contribution in [0.15, 0.2) is 60.8 Å². The predicted molar refractivity (Wildman–Crippen MR) is 118 cm³/mol. The van der Waals surface area contributed by atoms with Crippen LogP contribution in [0.4, 0.5) is 10.5 Å². The number of aromatic amines is 1. The van der Waals surface area contributed by atoms with Crippen molar-refractivity contribution in [1.82, 2.24) is 14.8 Å². The minimum atomic E-state index is -0.423. The SMILES string of the molecule is CN(C(=O)Nc1ccccc1)C(=O)C1C=C2c3cccc4[nH]cc(c34)CC2N(C)C1. The van der Waals surface area contributed by atoms with Crippen molar-refractivity contribution in [2.45, 2.75) is 12.5 Å². The van der Waals surface area contributed by atoms with E-state index < -0.39 is 6.03 Å². The maximum atomic E-state index is 13.2. The van der Waals surface area contributed by atoms with Gasteiger partial charge in [-0.15, -0.1) is 0 Å². The summed E-state index contributed by atoms with van der Waals surface area (Å²) < 4.78 is 0. The summed E-state index contributed by atoms with van der Waals surface area (Å²) in [6.45, 7) is 0.589. The van der Waals surface area contributed by atoms with Crippen molar-refractivity contribution in [3.63, 3.8) is 0 Å². The molecule has 2 atom stereocenters. The van der Waals surface area contributed by atoms with Crippen molar-refractivity contribution in [1.29, 1.82) is 0 Å². The van der Waals surface area contributed by atoms with Gasteiger partial charge in [0.05, 0.1) is 5.92 Å². The van der Waals surface area contributed by atoms with Gasteiger partial charge in [-0.1, -0.05) is 36.4 Å². The number of benzene rings is 2. The van der Waals surface area contributed by atoms with Crippen LogP contribution in [-0.4, -0.2) is 53.4 Å². The average Bonchev–Trinajstić information content (AvgIpc) is 3.18. The molecule has 5 rings (SSSR count). The van der Waals surface area contributed by atoms with Gasteiger partial charge in [0.25, 0.3) is 0 Å². The van der Waals surface area contributed by atoms with Crippen LogP contribution in [0, 0.1) is 5.92 Å². The molecule has 1 aliphatic heterocycles. The van der Waals surface area contributed by atoms with E-state index in [1.54, 1.807) is 12.1 Å². The van der Waals surface area contributed by atoms with Crippen LogP contribution >= 0.6 is 0 Å². The number of likely N-dealkylation sites (N-methyl/N-ethyl adjacent to an activating group) is 1. The Kier molecular flexibility index (Phi) is 4.44. The molecule has 0 spiro atoms. The Morgan fingerprint density at radius 1 is 1.13 bits per heavy atom. The molecule has 6 nitrogen and oxygen atoms in total. The Morgan fingerprint density at radius 3 is 2.73 bits per heavy atom. The summed E-state index contributed by atoms with van der Waals surface area (Å²) in [5.41, 5.74) is 5.47. The van der Waals surface area contributed by atoms with E-state index in [2.05, 4.69) is 46.7 Å². The summed E-state index contributed by atoms with van der Waals surface area (Å²) in [5.74, 6) is -0.572. The molecule has 2 unspecified atom stereocenters. The molecular formula is C24H24N4O2. The molecule has 152 valence electrons. The molecule has 2 aromatic carbocycles. The zero-order chi connectivity index (χ0) is 20.8. The fourth-order valence-electron chi connectivity index (χ4n) is 4.68. The number of fused-ring (bicyclic) bond motifs is 2. The molecule has 0 radical (unpaired) electrons. The van der Waals surface area contributed by atoms with Gasteiger partial charge >= 0.3 is 6.03 Å². The highest BCUT2D eigenvalue weighted by molar-refractivity contribution is 6.04. The van der Waals surface area contributed by atoms with E-state index in [9.17, 15) is 9.59 Å². The first kappa shape index (κ1) is 18.6. The largest absolute Gasteiger partial charge is 0.361 e. The van der Waals surface area contributed by atoms with Crippen LogP contribution in [0.25, 0.3) is 16.5 Å². The number of para-hydroxylation sites is 1. The standard InChI is InChI=1S/C24H24N4O2/c1-27-14-16(23(29)28(2)24(30)26-17-7-4-3-5-8-17)11-19-18-9-6-10-20-22(18)15(13-25-20)12-21(19)27/h3-11,13,16,21,25H,12,14H2,1-2H3,(H,26,30). The number of carbonyl (C=O) groups is 2. The molecule has 2 N–H and O–H groups in total. The second-order valence-corrected chi connectivity index (χ2v) is 8.12. The van der Waals surface area contributed by atoms with Crippen LogP contribution in [0.3, 0.4) is 0 Å². The number of nitrogens with zero attached hydrogens (tertiary/aromatic N) is 2. The number of hydrogen-bond acceptors (Lipinski definition) is 3. The third-order valence-corrected chi connectivity index (χ3v) is 6.25. The van der Waals surface area contributed by atoms with E-state index in [0.29, 0.717) is 12.2 Å². The highest BCUT2D eigenvalue weighted by Gasteiger charge is 2.37. The second kappa shape index (κ2) is 7.15. The summed E-state index contributed by atoms with van der Waals surface area (Å²) in [7, 11) is 3.59. The quantitative estimate of drug-likeness (QED) is 0.689. The van der Waals surface area contributed by atoms with E-state index in [0.717, 1.165) is 11.9 Å². The number of imide groups is 1. The molecule has 2 aliphatic rings. The number of anilines is 1. The van der Waals surface area contributed by atoms with E-state index in [4.69, 9.17) is 0 Å². The maximum absolute atomic E-state index is 13.2. The minimum absolute atomic E-state index is 0.201. The molecule has 30 heavy (non-hydrogen) atoms. The van der Waals surface area contributed by atoms with Crippen molar-refractivity contribution in [2.75, 3.05) is 26.0 Å². The Hall–Kier alpha value is -3.38. The lowest BCUT2D eigenvalue weighted by Crippen LogP contribution is -2.48. The second-order valence-electron chi connectivity index (χ2n) is 8.12. The van der Waals surface area contributed by atoms with Gasteiger partial charge in [0, 0.05) is 42.4 Å². The van der Waals surface area contributed by atoms with E-state index in [1.807, 2.05) is 24.3 Å². The molecule has 0 bridgehead atoms. The molecule has 0 saturated carbocycles. The fraction of sp³-hybridized carbons (Fsp3) is 0.250. The topological polar surface area (TPSA) is 68.4 Å². The average molecular weight is 400 g/mol. The Balaban J connectivity index is 1.43. The van der Waals surface area contributed by atoms with Crippen molar-refractivity contribution in [2.24, 2.45) is 5.92 Å². The van der Waals surface area contributed by atoms with E-state index >= 15 is 0 Å². The van der Waals surface area contributed by atoms with E-state index in [1.165, 1.54) is 34.0 Å². The molecule has 0 saturated heterocycles.